The highest BCUT2D eigenvalue weighted by Gasteiger charge is 2.51. The highest BCUT2D eigenvalue weighted by Crippen LogP contribution is 2.42. The van der Waals surface area contributed by atoms with Crippen molar-refractivity contribution in [2.75, 3.05) is 30.0 Å². The van der Waals surface area contributed by atoms with Gasteiger partial charge in [-0.2, -0.15) is 5.10 Å². The molecule has 2 aromatic carbocycles. The maximum Gasteiger partial charge on any atom is 0.254 e. The fourth-order valence-electron chi connectivity index (χ4n) is 5.78. The molecule has 8 nitrogen and oxygen atoms in total. The fraction of sp³-hybridized carbons (Fsp3) is 0.296. The lowest BCUT2D eigenvalue weighted by molar-refractivity contribution is -0.132. The number of nitrogens with zero attached hydrogens (tertiary/aromatic N) is 4. The Hall–Kier alpha value is -3.49. The van der Waals surface area contributed by atoms with Gasteiger partial charge in [0.2, 0.25) is 5.91 Å². The van der Waals surface area contributed by atoms with Gasteiger partial charge in [-0.25, -0.2) is 4.68 Å². The van der Waals surface area contributed by atoms with E-state index in [2.05, 4.69) is 20.6 Å². The van der Waals surface area contributed by atoms with Gasteiger partial charge in [-0.3, -0.25) is 9.59 Å². The van der Waals surface area contributed by atoms with E-state index in [0.717, 1.165) is 17.2 Å². The molecule has 1 aromatic heterocycles. The maximum absolute atomic E-state index is 14.1. The summed E-state index contributed by atoms with van der Waals surface area (Å²) in [5.74, 6) is 0.684. The molecule has 4 heterocycles. The van der Waals surface area contributed by atoms with E-state index in [1.54, 1.807) is 16.9 Å². The monoisotopic (exact) mass is 536 g/mol. The van der Waals surface area contributed by atoms with Gasteiger partial charge >= 0.3 is 0 Å². The molecule has 1 spiro atoms. The van der Waals surface area contributed by atoms with Gasteiger partial charge in [0.15, 0.2) is 0 Å². The average molecular weight is 537 g/mol. The van der Waals surface area contributed by atoms with Crippen LogP contribution in [0, 0.1) is 0 Å². The number of nitrogens with one attached hydrogen (secondary N) is 2. The molecule has 3 aliphatic rings. The molecule has 2 amide bonds. The van der Waals surface area contributed by atoms with E-state index in [4.69, 9.17) is 23.2 Å². The smallest absolute Gasteiger partial charge is 0.254 e. The number of halogens is 2. The topological polar surface area (TPSA) is 82.5 Å². The van der Waals surface area contributed by atoms with E-state index in [1.165, 1.54) is 0 Å². The Balaban J connectivity index is 1.31. The van der Waals surface area contributed by atoms with Crippen molar-refractivity contribution in [3.63, 3.8) is 0 Å². The number of carbonyl (C=O) groups excluding carboxylic acids is 2. The van der Waals surface area contributed by atoms with Crippen molar-refractivity contribution in [1.82, 2.24) is 20.0 Å². The van der Waals surface area contributed by atoms with Crippen molar-refractivity contribution in [1.29, 1.82) is 0 Å². The molecular weight excluding hydrogens is 511 g/mol. The second kappa shape index (κ2) is 9.11. The number of fused-ring (bicyclic) bond motifs is 1. The maximum atomic E-state index is 14.1. The van der Waals surface area contributed by atoms with E-state index >= 15 is 0 Å². The number of amides is 2. The highest BCUT2D eigenvalue weighted by molar-refractivity contribution is 6.42. The Morgan fingerprint density at radius 1 is 1.05 bits per heavy atom. The summed E-state index contributed by atoms with van der Waals surface area (Å²) in [7, 11) is 0. The lowest BCUT2D eigenvalue weighted by Gasteiger charge is -2.44. The van der Waals surface area contributed by atoms with Crippen molar-refractivity contribution < 1.29 is 9.59 Å². The number of hydrogen-bond acceptors (Lipinski definition) is 5. The Morgan fingerprint density at radius 3 is 2.57 bits per heavy atom. The molecule has 37 heavy (non-hydrogen) atoms. The van der Waals surface area contributed by atoms with Crippen LogP contribution in [0.15, 0.2) is 72.1 Å². The third-order valence-electron chi connectivity index (χ3n) is 7.70. The second-order valence-corrected chi connectivity index (χ2v) is 10.4. The molecule has 1 atom stereocenters. The first kappa shape index (κ1) is 23.9. The van der Waals surface area contributed by atoms with E-state index in [1.807, 2.05) is 60.4 Å². The van der Waals surface area contributed by atoms with Gasteiger partial charge in [-0.15, -0.1) is 0 Å². The number of anilines is 2. The van der Waals surface area contributed by atoms with Crippen LogP contribution in [0.4, 0.5) is 11.5 Å². The molecule has 2 fully saturated rings. The number of likely N-dealkylation sites (tertiary alicyclic amines) is 1. The van der Waals surface area contributed by atoms with Crippen molar-refractivity contribution in [3.05, 3.63) is 87.7 Å². The van der Waals surface area contributed by atoms with Crippen molar-refractivity contribution >= 4 is 46.5 Å². The van der Waals surface area contributed by atoms with Crippen LogP contribution in [-0.2, 0) is 9.59 Å². The Morgan fingerprint density at radius 2 is 1.81 bits per heavy atom. The average Bonchev–Trinajstić information content (AvgIpc) is 3.50. The minimum absolute atomic E-state index is 0.0166. The SMILES string of the molecule is CC1=C(C(=O)N2CCC3(CC2)C(=O)NCN3c2ccccc2)C(c2cccc(Cl)c2Cl)n2nccc2N1. The molecule has 0 bridgehead atoms. The fourth-order valence-corrected chi connectivity index (χ4v) is 6.20. The quantitative estimate of drug-likeness (QED) is 0.517. The normalized spacial score (nSPS) is 20.6. The molecule has 0 aliphatic carbocycles. The minimum atomic E-state index is -0.669. The Kier molecular flexibility index (Phi) is 5.88. The minimum Gasteiger partial charge on any atom is -0.344 e. The predicted octanol–water partition coefficient (Wildman–Crippen LogP) is 4.43. The van der Waals surface area contributed by atoms with Crippen molar-refractivity contribution in [3.8, 4) is 0 Å². The van der Waals surface area contributed by atoms with Crippen molar-refractivity contribution in [2.24, 2.45) is 0 Å². The van der Waals surface area contributed by atoms with E-state index in [-0.39, 0.29) is 11.8 Å². The van der Waals surface area contributed by atoms with Gasteiger partial charge in [0.1, 0.15) is 17.4 Å². The number of hydrogen-bond donors (Lipinski definition) is 2. The first-order valence-corrected chi connectivity index (χ1v) is 13.0. The lowest BCUT2D eigenvalue weighted by atomic mass is 9.85. The summed E-state index contributed by atoms with van der Waals surface area (Å²) in [4.78, 5) is 31.1. The predicted molar refractivity (Wildman–Crippen MR) is 144 cm³/mol. The van der Waals surface area contributed by atoms with Crippen LogP contribution in [0.25, 0.3) is 0 Å². The van der Waals surface area contributed by atoms with Gasteiger partial charge in [-0.1, -0.05) is 53.5 Å². The largest absolute Gasteiger partial charge is 0.344 e. The highest BCUT2D eigenvalue weighted by atomic mass is 35.5. The summed E-state index contributed by atoms with van der Waals surface area (Å²) in [6.07, 6.45) is 2.76. The van der Waals surface area contributed by atoms with Gasteiger partial charge in [-0.05, 0) is 38.0 Å². The molecular formula is C27H26Cl2N6O2. The number of piperidine rings is 1. The van der Waals surface area contributed by atoms with Crippen molar-refractivity contribution in [2.45, 2.75) is 31.3 Å². The first-order chi connectivity index (χ1) is 17.9. The molecule has 0 radical (unpaired) electrons. The molecule has 0 saturated carbocycles. The number of carbonyl (C=O) groups is 2. The number of para-hydroxylation sites is 1. The number of benzene rings is 2. The number of allylic oxidation sites excluding steroid dienone is 1. The first-order valence-electron chi connectivity index (χ1n) is 12.3. The van der Waals surface area contributed by atoms with E-state index in [9.17, 15) is 9.59 Å². The van der Waals surface area contributed by atoms with Crippen LogP contribution in [0.5, 0.6) is 0 Å². The van der Waals surface area contributed by atoms with Gasteiger partial charge in [0, 0.05) is 36.1 Å². The molecule has 3 aliphatic heterocycles. The van der Waals surface area contributed by atoms with Crippen LogP contribution >= 0.6 is 23.2 Å². The van der Waals surface area contributed by atoms with Crippen LogP contribution in [0.1, 0.15) is 31.4 Å². The Bertz CT molecular complexity index is 1410. The molecule has 2 N–H and O–H groups in total. The summed E-state index contributed by atoms with van der Waals surface area (Å²) < 4.78 is 1.77. The van der Waals surface area contributed by atoms with Gasteiger partial charge in [0.25, 0.3) is 5.91 Å². The zero-order valence-corrected chi connectivity index (χ0v) is 21.8. The summed E-state index contributed by atoms with van der Waals surface area (Å²) in [5.41, 5.74) is 2.34. The molecule has 10 heteroatoms. The zero-order chi connectivity index (χ0) is 25.7. The third-order valence-corrected chi connectivity index (χ3v) is 8.53. The zero-order valence-electron chi connectivity index (χ0n) is 20.2. The molecule has 190 valence electrons. The van der Waals surface area contributed by atoms with Crippen LogP contribution < -0.4 is 15.5 Å². The summed E-state index contributed by atoms with van der Waals surface area (Å²) in [6, 6.07) is 16.7. The third kappa shape index (κ3) is 3.78. The molecule has 2 saturated heterocycles. The lowest BCUT2D eigenvalue weighted by Crippen LogP contribution is -2.57. The Labute approximate surface area is 224 Å². The second-order valence-electron chi connectivity index (χ2n) is 9.62. The number of rotatable bonds is 3. The van der Waals surface area contributed by atoms with Crippen LogP contribution in [-0.4, -0.2) is 51.8 Å². The summed E-state index contributed by atoms with van der Waals surface area (Å²) in [5, 5.41) is 11.6. The molecule has 1 unspecified atom stereocenters. The van der Waals surface area contributed by atoms with E-state index < -0.39 is 11.6 Å². The molecule has 6 rings (SSSR count). The molecule has 3 aromatic rings. The van der Waals surface area contributed by atoms with Gasteiger partial charge in [0.05, 0.1) is 28.5 Å². The van der Waals surface area contributed by atoms with Gasteiger partial charge < -0.3 is 20.4 Å². The standard InChI is InChI=1S/C27H26Cl2N6O2/c1-17-22(24(35-21(32-17)10-13-31-35)19-8-5-9-20(28)23(19)29)25(36)33-14-11-27(12-15-33)26(37)30-16-34(27)18-6-3-2-4-7-18/h2-10,13,24,32H,11-12,14-16H2,1H3,(H,30,37). The number of aromatic nitrogens is 2. The summed E-state index contributed by atoms with van der Waals surface area (Å²) in [6.45, 7) is 3.26. The summed E-state index contributed by atoms with van der Waals surface area (Å²) >= 11 is 13.0. The van der Waals surface area contributed by atoms with Crippen LogP contribution in [0.3, 0.4) is 0 Å². The van der Waals surface area contributed by atoms with E-state index in [0.29, 0.717) is 53.8 Å². The van der Waals surface area contributed by atoms with Crippen LogP contribution in [0.2, 0.25) is 10.0 Å².